The molecule has 8 heteroatoms. The van der Waals surface area contributed by atoms with Crippen LogP contribution in [0, 0.1) is 0 Å². The number of nitrogens with zero attached hydrogens (tertiary/aromatic N) is 1. The Bertz CT molecular complexity index is 493. The predicted octanol–water partition coefficient (Wildman–Crippen LogP) is 0.0375. The number of nitrogens with one attached hydrogen (secondary N) is 1. The molecule has 1 saturated heterocycles. The zero-order valence-electron chi connectivity index (χ0n) is 9.22. The van der Waals surface area contributed by atoms with Crippen molar-refractivity contribution in [2.45, 2.75) is 12.0 Å². The van der Waals surface area contributed by atoms with Gasteiger partial charge in [-0.25, -0.2) is 8.93 Å². The second-order valence-corrected chi connectivity index (χ2v) is 4.85. The Balaban J connectivity index is 2.42. The van der Waals surface area contributed by atoms with E-state index < -0.39 is 11.5 Å². The lowest BCUT2D eigenvalue weighted by Crippen LogP contribution is -2.57. The van der Waals surface area contributed by atoms with Crippen molar-refractivity contribution < 1.29 is 18.8 Å². The van der Waals surface area contributed by atoms with Crippen molar-refractivity contribution >= 4 is 29.4 Å². The highest BCUT2D eigenvalue weighted by atomic mass is 35.5. The summed E-state index contributed by atoms with van der Waals surface area (Å²) in [5.74, 6) is -0.976. The van der Waals surface area contributed by atoms with Crippen molar-refractivity contribution in [2.75, 3.05) is 13.2 Å². The normalized spacial score (nSPS) is 17.2. The van der Waals surface area contributed by atoms with Crippen LogP contribution in [0.1, 0.15) is 11.3 Å². The van der Waals surface area contributed by atoms with Gasteiger partial charge < -0.3 is 9.84 Å². The summed E-state index contributed by atoms with van der Waals surface area (Å²) < 4.78 is 18.6. The van der Waals surface area contributed by atoms with E-state index in [1.165, 1.54) is 6.20 Å². The van der Waals surface area contributed by atoms with Crippen LogP contribution in [0.25, 0.3) is 0 Å². The Morgan fingerprint density at radius 2 is 2.39 bits per heavy atom. The van der Waals surface area contributed by atoms with Gasteiger partial charge in [-0.3, -0.25) is 9.78 Å². The van der Waals surface area contributed by atoms with Gasteiger partial charge in [0.05, 0.1) is 42.2 Å². The molecule has 0 unspecified atom stereocenters. The summed E-state index contributed by atoms with van der Waals surface area (Å²) in [6, 6.07) is 1.56. The number of carbonyl (C=O) groups is 1. The lowest BCUT2D eigenvalue weighted by molar-refractivity contribution is -0.136. The molecule has 1 fully saturated rings. The lowest BCUT2D eigenvalue weighted by atomic mass is 9.89. The average molecular weight is 291 g/mol. The Morgan fingerprint density at radius 3 is 2.89 bits per heavy atom. The first-order valence-corrected chi connectivity index (χ1v) is 6.30. The van der Waals surface area contributed by atoms with Crippen molar-refractivity contribution in [1.29, 1.82) is 0 Å². The van der Waals surface area contributed by atoms with Gasteiger partial charge in [0.1, 0.15) is 5.54 Å². The van der Waals surface area contributed by atoms with Gasteiger partial charge in [0, 0.05) is 6.20 Å². The van der Waals surface area contributed by atoms with Crippen LogP contribution in [-0.2, 0) is 33.3 Å². The number of halogens is 1. The maximum atomic E-state index is 10.8. The molecule has 0 atom stereocenters. The molecule has 1 aromatic rings. The number of rotatable bonds is 5. The largest absolute Gasteiger partial charge is 0.481 e. The van der Waals surface area contributed by atoms with E-state index >= 15 is 0 Å². The minimum atomic E-state index is -0.976. The highest BCUT2D eigenvalue weighted by Crippen LogP contribution is 2.31. The van der Waals surface area contributed by atoms with Crippen LogP contribution in [-0.4, -0.2) is 33.5 Å². The van der Waals surface area contributed by atoms with Crippen molar-refractivity contribution in [2.24, 2.45) is 0 Å². The topological polar surface area (TPSA) is 88.5 Å². The van der Waals surface area contributed by atoms with E-state index in [4.69, 9.17) is 21.4 Å². The monoisotopic (exact) mass is 290 g/mol. The number of carboxylic acids is 1. The molecule has 2 N–H and O–H groups in total. The maximum Gasteiger partial charge on any atom is 0.307 e. The minimum Gasteiger partial charge on any atom is -0.481 e. The molecule has 1 aliphatic rings. The molecule has 0 aliphatic carbocycles. The van der Waals surface area contributed by atoms with E-state index in [9.17, 15) is 9.00 Å². The predicted molar refractivity (Wildman–Crippen MR) is 65.8 cm³/mol. The molecule has 2 heterocycles. The molecule has 0 bridgehead atoms. The van der Waals surface area contributed by atoms with Gasteiger partial charge in [0.25, 0.3) is 0 Å². The Hall–Kier alpha value is -1.02. The summed E-state index contributed by atoms with van der Waals surface area (Å²) >= 11 is 5.56. The number of aliphatic carboxylic acids is 1. The molecule has 0 amide bonds. The number of aromatic nitrogens is 1. The summed E-state index contributed by atoms with van der Waals surface area (Å²) in [5.41, 5.74) is 0.317. The molecule has 0 saturated carbocycles. The Morgan fingerprint density at radius 1 is 1.67 bits per heavy atom. The molecule has 0 aromatic carbocycles. The quantitative estimate of drug-likeness (QED) is 0.666. The van der Waals surface area contributed by atoms with E-state index in [0.717, 1.165) is 0 Å². The van der Waals surface area contributed by atoms with Gasteiger partial charge in [-0.05, 0) is 11.6 Å². The molecular weight excluding hydrogens is 280 g/mol. The van der Waals surface area contributed by atoms with Crippen molar-refractivity contribution in [3.05, 3.63) is 28.5 Å². The Kier molecular flexibility index (Phi) is 3.96. The number of hydrogen-bond acceptors (Lipinski definition) is 4. The van der Waals surface area contributed by atoms with Crippen LogP contribution in [0.4, 0.5) is 0 Å². The number of hydrogen-bond donors (Lipinski definition) is 3. The second kappa shape index (κ2) is 5.31. The molecule has 98 valence electrons. The zero-order valence-corrected chi connectivity index (χ0v) is 10.9. The minimum absolute atomic E-state index is 0.192. The standard InChI is InChI=1S/C10H11ClN2O4S/c11-7-1-6(2-8(14)15)9(12-3-7)10(13-18-16)4-17-5-10/h1,3,18H,2,4-5H2,(H,13,16)(H,14,15). The maximum absolute atomic E-state index is 10.8. The highest BCUT2D eigenvalue weighted by molar-refractivity contribution is 7.63. The number of pyridine rings is 1. The summed E-state index contributed by atoms with van der Waals surface area (Å²) in [7, 11) is 0. The summed E-state index contributed by atoms with van der Waals surface area (Å²) in [6.45, 7) is 0.590. The molecule has 0 spiro atoms. The lowest BCUT2D eigenvalue weighted by Gasteiger charge is -2.40. The summed E-state index contributed by atoms with van der Waals surface area (Å²) in [6.07, 6.45) is 1.24. The van der Waals surface area contributed by atoms with Crippen molar-refractivity contribution in [3.63, 3.8) is 0 Å². The van der Waals surface area contributed by atoms with Crippen molar-refractivity contribution in [3.8, 4) is 0 Å². The molecule has 1 aliphatic heterocycles. The third-order valence-corrected chi connectivity index (χ3v) is 3.41. The molecule has 1 aromatic heterocycles. The first-order chi connectivity index (χ1) is 8.57. The highest BCUT2D eigenvalue weighted by Gasteiger charge is 2.43. The fraction of sp³-hybridized carbons (Fsp3) is 0.400. The van der Waals surface area contributed by atoms with Crippen LogP contribution < -0.4 is 4.72 Å². The first kappa shape index (κ1) is 13.4. The van der Waals surface area contributed by atoms with E-state index in [-0.39, 0.29) is 18.3 Å². The fourth-order valence-corrected chi connectivity index (χ4v) is 2.45. The average Bonchev–Trinajstić information content (AvgIpc) is 2.23. The van der Waals surface area contributed by atoms with Gasteiger partial charge >= 0.3 is 5.97 Å². The molecule has 6 nitrogen and oxygen atoms in total. The van der Waals surface area contributed by atoms with E-state index in [1.807, 2.05) is 0 Å². The van der Waals surface area contributed by atoms with Crippen LogP contribution >= 0.6 is 11.6 Å². The summed E-state index contributed by atoms with van der Waals surface area (Å²) in [5, 5.41) is 9.25. The molecule has 0 radical (unpaired) electrons. The van der Waals surface area contributed by atoms with Crippen LogP contribution in [0.2, 0.25) is 5.02 Å². The third-order valence-electron chi connectivity index (χ3n) is 2.68. The van der Waals surface area contributed by atoms with Gasteiger partial charge in [-0.2, -0.15) is 0 Å². The van der Waals surface area contributed by atoms with Gasteiger partial charge in [-0.15, -0.1) is 0 Å². The van der Waals surface area contributed by atoms with Crippen LogP contribution in [0.3, 0.4) is 0 Å². The SMILES string of the molecule is O=[SH]NC1(c2ncc(Cl)cc2CC(=O)O)COC1. The third kappa shape index (κ3) is 2.54. The first-order valence-electron chi connectivity index (χ1n) is 5.11. The van der Waals surface area contributed by atoms with E-state index in [1.54, 1.807) is 6.07 Å². The Labute approximate surface area is 112 Å². The fourth-order valence-electron chi connectivity index (χ4n) is 1.86. The van der Waals surface area contributed by atoms with Gasteiger partial charge in [0.2, 0.25) is 0 Å². The molecule has 18 heavy (non-hydrogen) atoms. The van der Waals surface area contributed by atoms with Gasteiger partial charge in [0.15, 0.2) is 0 Å². The number of carboxylic acid groups (broad SMARTS) is 1. The van der Waals surface area contributed by atoms with Crippen LogP contribution in [0.15, 0.2) is 12.3 Å². The smallest absolute Gasteiger partial charge is 0.307 e. The van der Waals surface area contributed by atoms with Crippen molar-refractivity contribution in [1.82, 2.24) is 9.71 Å². The number of ether oxygens (including phenoxy) is 1. The van der Waals surface area contributed by atoms with Crippen LogP contribution in [0.5, 0.6) is 0 Å². The number of thiol groups is 1. The molecular formula is C10H11ClN2O4S. The zero-order chi connectivity index (χ0) is 13.2. The van der Waals surface area contributed by atoms with Gasteiger partial charge in [-0.1, -0.05) is 11.6 Å². The summed E-state index contributed by atoms with van der Waals surface area (Å²) in [4.78, 5) is 15.0. The molecule has 2 rings (SSSR count). The van der Waals surface area contributed by atoms with E-state index in [2.05, 4.69) is 9.71 Å². The second-order valence-electron chi connectivity index (χ2n) is 4.01. The van der Waals surface area contributed by atoms with E-state index in [0.29, 0.717) is 29.5 Å².